The van der Waals surface area contributed by atoms with Crippen LogP contribution in [0.4, 0.5) is 0 Å². The molecule has 1 aliphatic heterocycles. The number of hydrogen-bond donors (Lipinski definition) is 2. The minimum absolute atomic E-state index is 0.0984. The van der Waals surface area contributed by atoms with Gasteiger partial charge in [-0.2, -0.15) is 0 Å². The van der Waals surface area contributed by atoms with Crippen LogP contribution in [0.15, 0.2) is 0 Å². The third-order valence-corrected chi connectivity index (χ3v) is 3.71. The van der Waals surface area contributed by atoms with Crippen LogP contribution < -0.4 is 5.32 Å². The first-order chi connectivity index (χ1) is 10.9. The van der Waals surface area contributed by atoms with Crippen molar-refractivity contribution in [3.8, 4) is 0 Å². The summed E-state index contributed by atoms with van der Waals surface area (Å²) in [6.07, 6.45) is 1.84. The Morgan fingerprint density at radius 2 is 2.00 bits per heavy atom. The van der Waals surface area contributed by atoms with Crippen molar-refractivity contribution >= 4 is 17.8 Å². The van der Waals surface area contributed by atoms with E-state index in [0.717, 1.165) is 12.8 Å². The van der Waals surface area contributed by atoms with Crippen LogP contribution in [-0.4, -0.2) is 72.8 Å². The first-order valence-electron chi connectivity index (χ1n) is 7.88. The van der Waals surface area contributed by atoms with Gasteiger partial charge >= 0.3 is 5.97 Å². The van der Waals surface area contributed by atoms with Crippen molar-refractivity contribution in [3.05, 3.63) is 0 Å². The van der Waals surface area contributed by atoms with E-state index in [1.54, 1.807) is 0 Å². The number of rotatable bonds is 9. The molecule has 8 heteroatoms. The van der Waals surface area contributed by atoms with Gasteiger partial charge in [-0.3, -0.25) is 9.59 Å². The Labute approximate surface area is 136 Å². The predicted molar refractivity (Wildman–Crippen MR) is 81.9 cm³/mol. The van der Waals surface area contributed by atoms with Crippen molar-refractivity contribution < 1.29 is 29.0 Å². The molecule has 1 saturated heterocycles. The molecule has 132 valence electrons. The topological polar surface area (TPSA) is 105 Å². The van der Waals surface area contributed by atoms with Gasteiger partial charge in [0.05, 0.1) is 19.1 Å². The number of amides is 2. The van der Waals surface area contributed by atoms with Crippen LogP contribution in [0, 0.1) is 0 Å². The number of nitrogens with zero attached hydrogens (tertiary/aromatic N) is 1. The van der Waals surface area contributed by atoms with Crippen molar-refractivity contribution in [3.63, 3.8) is 0 Å². The highest BCUT2D eigenvalue weighted by molar-refractivity contribution is 5.83. The van der Waals surface area contributed by atoms with Gasteiger partial charge in [0.1, 0.15) is 6.04 Å². The molecule has 1 atom stereocenters. The van der Waals surface area contributed by atoms with Crippen molar-refractivity contribution in [2.45, 2.75) is 45.3 Å². The minimum Gasteiger partial charge on any atom is -0.480 e. The summed E-state index contributed by atoms with van der Waals surface area (Å²) in [4.78, 5) is 35.5. The van der Waals surface area contributed by atoms with E-state index < -0.39 is 12.0 Å². The number of nitrogens with one attached hydrogen (secondary N) is 1. The van der Waals surface area contributed by atoms with E-state index in [0.29, 0.717) is 13.2 Å². The molecule has 1 aliphatic rings. The summed E-state index contributed by atoms with van der Waals surface area (Å²) in [7, 11) is 0. The zero-order valence-corrected chi connectivity index (χ0v) is 13.7. The monoisotopic (exact) mass is 330 g/mol. The van der Waals surface area contributed by atoms with E-state index in [4.69, 9.17) is 14.6 Å². The lowest BCUT2D eigenvalue weighted by molar-refractivity contribution is -0.150. The minimum atomic E-state index is -1.08. The fraction of sp³-hybridized carbons (Fsp3) is 0.800. The van der Waals surface area contributed by atoms with E-state index in [1.807, 2.05) is 0 Å². The second-order valence-corrected chi connectivity index (χ2v) is 5.52. The maximum atomic E-state index is 12.3. The standard InChI is InChI=1S/C15H26N2O6/c1-11(15(20)21)17(7-6-16-12(2)18)14(19)5-10-23-13-3-8-22-9-4-13/h11,13H,3-10H2,1-2H3,(H,16,18)(H,20,21). The summed E-state index contributed by atoms with van der Waals surface area (Å²) >= 11 is 0. The van der Waals surface area contributed by atoms with Gasteiger partial charge in [0.2, 0.25) is 11.8 Å². The molecule has 0 aliphatic carbocycles. The molecular formula is C15H26N2O6. The van der Waals surface area contributed by atoms with Crippen LogP contribution >= 0.6 is 0 Å². The molecule has 2 N–H and O–H groups in total. The third kappa shape index (κ3) is 7.43. The summed E-state index contributed by atoms with van der Waals surface area (Å²) in [6, 6.07) is -0.945. The van der Waals surface area contributed by atoms with Gasteiger partial charge in [-0.1, -0.05) is 0 Å². The van der Waals surface area contributed by atoms with Crippen LogP contribution in [-0.2, 0) is 23.9 Å². The first-order valence-corrected chi connectivity index (χ1v) is 7.88. The maximum Gasteiger partial charge on any atom is 0.326 e. The molecule has 2 amide bonds. The average molecular weight is 330 g/mol. The summed E-state index contributed by atoms with van der Waals surface area (Å²) in [5.41, 5.74) is 0. The molecule has 23 heavy (non-hydrogen) atoms. The van der Waals surface area contributed by atoms with E-state index in [-0.39, 0.29) is 44.0 Å². The third-order valence-electron chi connectivity index (χ3n) is 3.71. The van der Waals surface area contributed by atoms with Crippen molar-refractivity contribution in [2.24, 2.45) is 0 Å². The van der Waals surface area contributed by atoms with Crippen LogP contribution in [0.1, 0.15) is 33.1 Å². The quantitative estimate of drug-likeness (QED) is 0.617. The van der Waals surface area contributed by atoms with Gasteiger partial charge in [-0.25, -0.2) is 4.79 Å². The molecule has 1 rings (SSSR count). The van der Waals surface area contributed by atoms with E-state index in [2.05, 4.69) is 5.32 Å². The molecule has 0 aromatic rings. The Morgan fingerprint density at radius 1 is 1.35 bits per heavy atom. The predicted octanol–water partition coefficient (Wildman–Crippen LogP) is 0.00990. The summed E-state index contributed by atoms with van der Waals surface area (Å²) < 4.78 is 10.9. The van der Waals surface area contributed by atoms with Gasteiger partial charge in [0.25, 0.3) is 0 Å². The molecule has 0 aromatic carbocycles. The van der Waals surface area contributed by atoms with Gasteiger partial charge in [-0.15, -0.1) is 0 Å². The van der Waals surface area contributed by atoms with Crippen molar-refractivity contribution in [2.75, 3.05) is 32.9 Å². The maximum absolute atomic E-state index is 12.3. The number of carboxylic acids is 1. The SMILES string of the molecule is CC(=O)NCCN(C(=O)CCOC1CCOCC1)C(C)C(=O)O. The lowest BCUT2D eigenvalue weighted by Crippen LogP contribution is -2.47. The van der Waals surface area contributed by atoms with Gasteiger partial charge in [0.15, 0.2) is 0 Å². The molecule has 1 unspecified atom stereocenters. The Kier molecular flexibility index (Phi) is 8.57. The number of carbonyl (C=O) groups excluding carboxylic acids is 2. The molecule has 1 fully saturated rings. The van der Waals surface area contributed by atoms with Crippen LogP contribution in [0.3, 0.4) is 0 Å². The Morgan fingerprint density at radius 3 is 2.57 bits per heavy atom. The van der Waals surface area contributed by atoms with Gasteiger partial charge in [-0.05, 0) is 19.8 Å². The lowest BCUT2D eigenvalue weighted by Gasteiger charge is -2.27. The Balaban J connectivity index is 2.42. The van der Waals surface area contributed by atoms with E-state index >= 15 is 0 Å². The molecule has 0 saturated carbocycles. The van der Waals surface area contributed by atoms with E-state index in [9.17, 15) is 14.4 Å². The summed E-state index contributed by atoms with van der Waals surface area (Å²) in [5.74, 6) is -1.59. The molecule has 1 heterocycles. The molecule has 0 bridgehead atoms. The number of ether oxygens (including phenoxy) is 2. The fourth-order valence-electron chi connectivity index (χ4n) is 2.32. The molecular weight excluding hydrogens is 304 g/mol. The molecule has 0 spiro atoms. The second kappa shape index (κ2) is 10.2. The zero-order chi connectivity index (χ0) is 17.2. The molecule has 0 radical (unpaired) electrons. The lowest BCUT2D eigenvalue weighted by atomic mass is 10.1. The number of hydrogen-bond acceptors (Lipinski definition) is 5. The number of carbonyl (C=O) groups is 3. The summed E-state index contributed by atoms with van der Waals surface area (Å²) in [5, 5.41) is 11.7. The van der Waals surface area contributed by atoms with Crippen molar-refractivity contribution in [1.29, 1.82) is 0 Å². The summed E-state index contributed by atoms with van der Waals surface area (Å²) in [6.45, 7) is 4.78. The van der Waals surface area contributed by atoms with Gasteiger partial charge in [0, 0.05) is 33.2 Å². The fourth-order valence-corrected chi connectivity index (χ4v) is 2.32. The molecule has 0 aromatic heterocycles. The van der Waals surface area contributed by atoms with Crippen LogP contribution in [0.25, 0.3) is 0 Å². The normalized spacial score (nSPS) is 16.6. The van der Waals surface area contributed by atoms with Crippen LogP contribution in [0.5, 0.6) is 0 Å². The highest BCUT2D eigenvalue weighted by Gasteiger charge is 2.25. The van der Waals surface area contributed by atoms with Crippen LogP contribution in [0.2, 0.25) is 0 Å². The number of aliphatic carboxylic acids is 1. The van der Waals surface area contributed by atoms with Crippen molar-refractivity contribution in [1.82, 2.24) is 10.2 Å². The number of carboxylic acid groups (broad SMARTS) is 1. The zero-order valence-electron chi connectivity index (χ0n) is 13.7. The highest BCUT2D eigenvalue weighted by Crippen LogP contribution is 2.11. The Hall–Kier alpha value is -1.67. The average Bonchev–Trinajstić information content (AvgIpc) is 2.51. The highest BCUT2D eigenvalue weighted by atomic mass is 16.5. The smallest absolute Gasteiger partial charge is 0.326 e. The van der Waals surface area contributed by atoms with Gasteiger partial charge < -0.3 is 24.8 Å². The first kappa shape index (κ1) is 19.4. The largest absolute Gasteiger partial charge is 0.480 e. The second-order valence-electron chi connectivity index (χ2n) is 5.52. The molecule has 8 nitrogen and oxygen atoms in total. The van der Waals surface area contributed by atoms with E-state index in [1.165, 1.54) is 18.7 Å². The Bertz CT molecular complexity index is 409.